The lowest BCUT2D eigenvalue weighted by atomic mass is 10.0. The molecule has 4 heterocycles. The molecule has 0 bridgehead atoms. The molecule has 0 radical (unpaired) electrons. The third kappa shape index (κ3) is 11.1. The Hall–Kier alpha value is -13.3. The molecule has 16 aromatic rings. The van der Waals surface area contributed by atoms with Crippen molar-refractivity contribution in [2.45, 2.75) is 25.7 Å². The van der Waals surface area contributed by atoms with Crippen LogP contribution in [0.25, 0.3) is 74.3 Å². The van der Waals surface area contributed by atoms with Gasteiger partial charge < -0.3 is 28.7 Å². The van der Waals surface area contributed by atoms with Gasteiger partial charge in [-0.3, -0.25) is 4.57 Å². The lowest BCUT2D eigenvalue weighted by molar-refractivity contribution is 0.921. The molecule has 4 aromatic heterocycles. The minimum Gasteiger partial charge on any atom is -0.310 e. The van der Waals surface area contributed by atoms with Gasteiger partial charge in [-0.25, -0.2) is 4.98 Å². The van der Waals surface area contributed by atoms with E-state index in [-0.39, 0.29) is 0 Å². The van der Waals surface area contributed by atoms with Gasteiger partial charge in [0.1, 0.15) is 0 Å². The van der Waals surface area contributed by atoms with Crippen molar-refractivity contribution < 1.29 is 0 Å². The molecule has 0 atom stereocenters. The molecule has 0 fully saturated rings. The predicted molar refractivity (Wildman–Crippen MR) is 417 cm³/mol. The van der Waals surface area contributed by atoms with Gasteiger partial charge in [-0.05, 0) is 196 Å². The summed E-state index contributed by atoms with van der Waals surface area (Å²) in [6.07, 6.45) is 12.7. The molecule has 0 amide bonds. The van der Waals surface area contributed by atoms with Crippen LogP contribution < -0.4 is 19.6 Å². The van der Waals surface area contributed by atoms with Crippen LogP contribution in [-0.4, -0.2) is 28.7 Å². The second-order valence-electron chi connectivity index (χ2n) is 25.5. The number of nitrogens with zero attached hydrogens (tertiary/aromatic N) is 10. The highest BCUT2D eigenvalue weighted by molar-refractivity contribution is 6.13. The molecule has 0 saturated heterocycles. The molecule has 0 unspecified atom stereocenters. The highest BCUT2D eigenvalue weighted by atomic mass is 15.2. The summed E-state index contributed by atoms with van der Waals surface area (Å²) < 4.78 is 7.43. The first-order chi connectivity index (χ1) is 50.1. The summed E-state index contributed by atoms with van der Waals surface area (Å²) in [5, 5.41) is 0. The summed E-state index contributed by atoms with van der Waals surface area (Å²) in [4.78, 5) is 27.4. The number of allylic oxidation sites excluding steroid dienone is 2. The largest absolute Gasteiger partial charge is 0.310 e. The predicted octanol–water partition coefficient (Wildman–Crippen LogP) is 23.7. The van der Waals surface area contributed by atoms with E-state index in [9.17, 15) is 0 Å². The van der Waals surface area contributed by atoms with E-state index in [1.54, 1.807) is 0 Å². The third-order valence-corrected chi connectivity index (χ3v) is 19.2. The molecule has 12 aromatic carbocycles. The zero-order valence-corrected chi connectivity index (χ0v) is 55.4. The maximum atomic E-state index is 6.06. The van der Waals surface area contributed by atoms with E-state index in [0.29, 0.717) is 17.6 Å². The topological polar surface area (TPSA) is 66.4 Å². The van der Waals surface area contributed by atoms with Gasteiger partial charge in [0.2, 0.25) is 5.95 Å². The second-order valence-corrected chi connectivity index (χ2v) is 25.5. The highest BCUT2D eigenvalue weighted by Crippen LogP contribution is 2.50. The van der Waals surface area contributed by atoms with Gasteiger partial charge in [0.25, 0.3) is 0 Å². The van der Waals surface area contributed by atoms with E-state index in [1.807, 2.05) is 0 Å². The summed E-state index contributed by atoms with van der Waals surface area (Å²) >= 11 is 0. The first-order valence-corrected chi connectivity index (χ1v) is 34.6. The second kappa shape index (κ2) is 26.3. The van der Waals surface area contributed by atoms with Gasteiger partial charge >= 0.3 is 0 Å². The van der Waals surface area contributed by atoms with E-state index in [0.717, 1.165) is 150 Å². The fourth-order valence-electron chi connectivity index (χ4n) is 15.0. The zero-order valence-electron chi connectivity index (χ0n) is 55.4. The van der Waals surface area contributed by atoms with Crippen LogP contribution in [0.2, 0.25) is 0 Å². The average Bonchev–Trinajstić information content (AvgIpc) is 1.51. The van der Waals surface area contributed by atoms with Crippen molar-refractivity contribution in [3.63, 3.8) is 0 Å². The first-order valence-electron chi connectivity index (χ1n) is 34.6. The standard InChI is InChI=1S/C91H68N10/c1-11-35-67(36-12-1)95(68-37-13-2-14-38-68)77-59-65(60-78(63-77)96(69-39-15-3-16-40-69)70-41-17-4-18-42-70)89-92-90(66-61-79(97(71-43-19-5-20-44-71)72-45-21-6-22-46-72)64-80(62-66)98(73-47-23-7-24-48-73)74-49-25-8-26-50-74)94-91(93-89)101-85-81-55-31-33-57-83(81)99(75-51-27-9-28-52-75)87(85)88-86(101)82-56-32-34-58-84(82)100(88)76-53-29-10-30-54-76/h1-30,33-54,57-64H,31-32,55-56H2. The molecule has 0 saturated carbocycles. The maximum absolute atomic E-state index is 6.06. The van der Waals surface area contributed by atoms with Crippen molar-refractivity contribution in [2.24, 2.45) is 0 Å². The molecule has 0 aliphatic heterocycles. The number of para-hydroxylation sites is 10. The Morgan fingerprint density at radius 2 is 0.485 bits per heavy atom. The monoisotopic (exact) mass is 1300 g/mol. The summed E-state index contributed by atoms with van der Waals surface area (Å²) in [5.74, 6) is 1.50. The molecular weight excluding hydrogens is 1230 g/mol. The Morgan fingerprint density at radius 1 is 0.238 bits per heavy atom. The van der Waals surface area contributed by atoms with Gasteiger partial charge in [0.05, 0.1) is 33.5 Å². The lowest BCUT2D eigenvalue weighted by Crippen LogP contribution is -2.14. The fourth-order valence-corrected chi connectivity index (χ4v) is 15.0. The van der Waals surface area contributed by atoms with Crippen molar-refractivity contribution in [3.8, 4) is 40.1 Å². The Morgan fingerprint density at radius 3 is 0.743 bits per heavy atom. The van der Waals surface area contributed by atoms with E-state index < -0.39 is 0 Å². The number of fused-ring (bicyclic) bond motifs is 7. The van der Waals surface area contributed by atoms with Crippen molar-refractivity contribution in [3.05, 3.63) is 374 Å². The van der Waals surface area contributed by atoms with Crippen LogP contribution in [0.1, 0.15) is 35.4 Å². The smallest absolute Gasteiger partial charge is 0.238 e. The molecule has 18 rings (SSSR count). The van der Waals surface area contributed by atoms with E-state index in [4.69, 9.17) is 15.0 Å². The zero-order chi connectivity index (χ0) is 67.0. The van der Waals surface area contributed by atoms with E-state index in [1.165, 1.54) is 11.1 Å². The fraction of sp³-hybridized carbons (Fsp3) is 0.0440. The third-order valence-electron chi connectivity index (χ3n) is 19.2. The van der Waals surface area contributed by atoms with Gasteiger partial charge in [0.15, 0.2) is 11.6 Å². The van der Waals surface area contributed by atoms with Crippen LogP contribution in [0.5, 0.6) is 0 Å². The minimum absolute atomic E-state index is 0.496. The van der Waals surface area contributed by atoms with Crippen LogP contribution in [0, 0.1) is 0 Å². The Bertz CT molecular complexity index is 4980. The summed E-state index contributed by atoms with van der Waals surface area (Å²) in [7, 11) is 0. The van der Waals surface area contributed by atoms with E-state index in [2.05, 4.69) is 397 Å². The number of rotatable bonds is 17. The average molecular weight is 1300 g/mol. The van der Waals surface area contributed by atoms with Crippen LogP contribution in [0.4, 0.5) is 68.2 Å². The van der Waals surface area contributed by atoms with Crippen molar-refractivity contribution >= 4 is 102 Å². The van der Waals surface area contributed by atoms with Crippen molar-refractivity contribution in [2.75, 3.05) is 19.6 Å². The molecule has 0 spiro atoms. The molecule has 10 nitrogen and oxygen atoms in total. The Balaban J connectivity index is 0.999. The van der Waals surface area contributed by atoms with Gasteiger partial charge in [-0.2, -0.15) is 9.97 Å². The summed E-state index contributed by atoms with van der Waals surface area (Å²) in [5.41, 5.74) is 24.5. The van der Waals surface area contributed by atoms with Crippen molar-refractivity contribution in [1.82, 2.24) is 28.7 Å². The Kier molecular flexibility index (Phi) is 15.6. The van der Waals surface area contributed by atoms with Gasteiger partial charge in [-0.1, -0.05) is 194 Å². The van der Waals surface area contributed by atoms with Gasteiger partial charge in [0, 0.05) is 102 Å². The van der Waals surface area contributed by atoms with Gasteiger partial charge in [-0.15, -0.1) is 0 Å². The van der Waals surface area contributed by atoms with Crippen LogP contribution >= 0.6 is 0 Å². The van der Waals surface area contributed by atoms with Crippen LogP contribution in [0.15, 0.2) is 352 Å². The lowest BCUT2D eigenvalue weighted by Gasteiger charge is -2.30. The first kappa shape index (κ1) is 60.1. The molecule has 101 heavy (non-hydrogen) atoms. The number of aromatic nitrogens is 6. The number of anilines is 12. The Labute approximate surface area is 587 Å². The van der Waals surface area contributed by atoms with E-state index >= 15 is 0 Å². The normalized spacial score (nSPS) is 12.3. The maximum Gasteiger partial charge on any atom is 0.238 e. The minimum atomic E-state index is 0.496. The molecular formula is C91H68N10. The molecule has 10 heteroatoms. The van der Waals surface area contributed by atoms with Crippen LogP contribution in [-0.2, 0) is 12.8 Å². The van der Waals surface area contributed by atoms with Crippen LogP contribution in [0.3, 0.4) is 0 Å². The molecule has 2 aliphatic rings. The highest BCUT2D eigenvalue weighted by Gasteiger charge is 2.34. The summed E-state index contributed by atoms with van der Waals surface area (Å²) in [6.45, 7) is 0. The quantitative estimate of drug-likeness (QED) is 0.0900. The summed E-state index contributed by atoms with van der Waals surface area (Å²) in [6, 6.07) is 120. The molecule has 0 N–H and O–H groups in total. The number of benzene rings is 12. The number of aryl methyl sites for hydroxylation is 2. The molecule has 2 aliphatic carbocycles. The SMILES string of the molecule is C1=Cc2c(c3c(c4c(c5c(n4-c4ccccc4)C=CCC5)n3-c3nc(-c4cc(N(c5ccccc5)c5ccccc5)cc(N(c5ccccc5)c5ccccc5)c4)nc(-c4cc(N(c5ccccc5)c5ccccc5)cc(N(c5ccccc5)c5ccccc5)c4)n3)n2-c2ccccc2)CC1. The molecule has 482 valence electrons. The number of hydrogen-bond donors (Lipinski definition) is 0. The van der Waals surface area contributed by atoms with Crippen molar-refractivity contribution in [1.29, 1.82) is 0 Å². The number of hydrogen-bond acceptors (Lipinski definition) is 7.